The number of rotatable bonds is 8. The summed E-state index contributed by atoms with van der Waals surface area (Å²) in [5.74, 6) is -2.34. The fourth-order valence-corrected chi connectivity index (χ4v) is 4.33. The summed E-state index contributed by atoms with van der Waals surface area (Å²) in [6.07, 6.45) is -1.17. The molecule has 6 nitrogen and oxygen atoms in total. The topological polar surface area (TPSA) is 70.6 Å². The standard InChI is InChI=1S/C27H25F5N6/c1-4-11-38(12-5-6-17-7-9-18(14-33)10-8-17)26-34-15-20-24(36-37(3)25(20)35-26)19-13-21(27(30,31)32)23(29)16(2)22(19)28/h7-10,13,15H,4-6,11-12H2,1-3H3. The molecule has 198 valence electrons. The first-order valence-corrected chi connectivity index (χ1v) is 12.0. The maximum atomic E-state index is 15.0. The number of aromatic nitrogens is 4. The Morgan fingerprint density at radius 2 is 1.79 bits per heavy atom. The minimum absolute atomic E-state index is 0.0944. The van der Waals surface area contributed by atoms with Gasteiger partial charge in [-0.1, -0.05) is 19.1 Å². The minimum atomic E-state index is -5.00. The number of hydrogen-bond donors (Lipinski definition) is 0. The van der Waals surface area contributed by atoms with Crippen molar-refractivity contribution >= 4 is 17.0 Å². The van der Waals surface area contributed by atoms with Gasteiger partial charge in [0.05, 0.1) is 22.6 Å². The molecule has 0 aliphatic rings. The molecule has 0 fully saturated rings. The van der Waals surface area contributed by atoms with E-state index in [0.717, 1.165) is 31.7 Å². The van der Waals surface area contributed by atoms with Crippen LogP contribution >= 0.6 is 0 Å². The molecule has 0 aliphatic carbocycles. The molecule has 11 heteroatoms. The molecule has 2 aromatic carbocycles. The van der Waals surface area contributed by atoms with E-state index in [2.05, 4.69) is 21.1 Å². The van der Waals surface area contributed by atoms with E-state index < -0.39 is 34.5 Å². The van der Waals surface area contributed by atoms with E-state index in [0.29, 0.717) is 36.3 Å². The summed E-state index contributed by atoms with van der Waals surface area (Å²) in [5, 5.41) is 13.4. The zero-order valence-corrected chi connectivity index (χ0v) is 21.1. The highest BCUT2D eigenvalue weighted by molar-refractivity contribution is 5.91. The van der Waals surface area contributed by atoms with Gasteiger partial charge >= 0.3 is 6.18 Å². The van der Waals surface area contributed by atoms with Gasteiger partial charge in [-0.15, -0.1) is 0 Å². The highest BCUT2D eigenvalue weighted by Crippen LogP contribution is 2.39. The monoisotopic (exact) mass is 528 g/mol. The lowest BCUT2D eigenvalue weighted by Crippen LogP contribution is -2.27. The van der Waals surface area contributed by atoms with Crippen LogP contribution in [-0.2, 0) is 19.6 Å². The number of alkyl halides is 3. The third-order valence-electron chi connectivity index (χ3n) is 6.30. The normalized spacial score (nSPS) is 11.7. The maximum absolute atomic E-state index is 15.0. The Labute approximate surface area is 216 Å². The van der Waals surface area contributed by atoms with E-state index in [-0.39, 0.29) is 11.1 Å². The highest BCUT2D eigenvalue weighted by atomic mass is 19.4. The lowest BCUT2D eigenvalue weighted by molar-refractivity contribution is -0.140. The van der Waals surface area contributed by atoms with Crippen molar-refractivity contribution in [2.45, 2.75) is 39.3 Å². The molecule has 0 atom stereocenters. The van der Waals surface area contributed by atoms with Crippen LogP contribution in [0.25, 0.3) is 22.3 Å². The first-order chi connectivity index (χ1) is 18.0. The third-order valence-corrected chi connectivity index (χ3v) is 6.30. The predicted octanol–water partition coefficient (Wildman–Crippen LogP) is 6.36. The fraction of sp³-hybridized carbons (Fsp3) is 0.333. The molecule has 2 aromatic heterocycles. The lowest BCUT2D eigenvalue weighted by Gasteiger charge is -2.22. The molecule has 38 heavy (non-hydrogen) atoms. The van der Waals surface area contributed by atoms with E-state index >= 15 is 0 Å². The molecule has 0 bridgehead atoms. The minimum Gasteiger partial charge on any atom is -0.341 e. The number of nitriles is 1. The van der Waals surface area contributed by atoms with Crippen LogP contribution in [0.5, 0.6) is 0 Å². The van der Waals surface area contributed by atoms with Crippen molar-refractivity contribution in [3.05, 3.63) is 70.4 Å². The number of anilines is 1. The lowest BCUT2D eigenvalue weighted by atomic mass is 10.0. The van der Waals surface area contributed by atoms with Gasteiger partial charge in [0.25, 0.3) is 0 Å². The van der Waals surface area contributed by atoms with E-state index in [4.69, 9.17) is 5.26 Å². The summed E-state index contributed by atoms with van der Waals surface area (Å²) < 4.78 is 70.7. The molecule has 0 saturated heterocycles. The largest absolute Gasteiger partial charge is 0.419 e. The van der Waals surface area contributed by atoms with Crippen LogP contribution in [0, 0.1) is 29.9 Å². The second-order valence-electron chi connectivity index (χ2n) is 9.00. The van der Waals surface area contributed by atoms with E-state index in [1.54, 1.807) is 19.2 Å². The van der Waals surface area contributed by atoms with Crippen LogP contribution in [0.2, 0.25) is 0 Å². The van der Waals surface area contributed by atoms with Crippen molar-refractivity contribution in [2.24, 2.45) is 7.05 Å². The molecule has 2 heterocycles. The van der Waals surface area contributed by atoms with Gasteiger partial charge in [-0.25, -0.2) is 18.4 Å². The Kier molecular flexibility index (Phi) is 7.62. The van der Waals surface area contributed by atoms with Crippen molar-refractivity contribution in [3.63, 3.8) is 0 Å². The summed E-state index contributed by atoms with van der Waals surface area (Å²) in [7, 11) is 1.55. The zero-order chi connectivity index (χ0) is 27.6. The Hall–Kier alpha value is -4.07. The van der Waals surface area contributed by atoms with Crippen LogP contribution in [-0.4, -0.2) is 32.8 Å². The second kappa shape index (κ2) is 10.7. The molecule has 4 aromatic rings. The van der Waals surface area contributed by atoms with Gasteiger partial charge in [0.15, 0.2) is 5.65 Å². The van der Waals surface area contributed by atoms with Crippen LogP contribution in [0.1, 0.15) is 42.0 Å². The van der Waals surface area contributed by atoms with Gasteiger partial charge < -0.3 is 4.90 Å². The van der Waals surface area contributed by atoms with Crippen LogP contribution in [0.4, 0.5) is 27.9 Å². The number of fused-ring (bicyclic) bond motifs is 1. The first kappa shape index (κ1) is 27.0. The van der Waals surface area contributed by atoms with Gasteiger partial charge in [-0.3, -0.25) is 0 Å². The van der Waals surface area contributed by atoms with Crippen LogP contribution in [0.3, 0.4) is 0 Å². The van der Waals surface area contributed by atoms with E-state index in [1.807, 2.05) is 24.0 Å². The molecular weight excluding hydrogens is 503 g/mol. The molecule has 0 amide bonds. The molecule has 0 radical (unpaired) electrons. The zero-order valence-electron chi connectivity index (χ0n) is 21.1. The van der Waals surface area contributed by atoms with E-state index in [1.165, 1.54) is 10.9 Å². The van der Waals surface area contributed by atoms with Gasteiger partial charge in [-0.2, -0.15) is 28.5 Å². The van der Waals surface area contributed by atoms with Crippen LogP contribution in [0.15, 0.2) is 36.5 Å². The smallest absolute Gasteiger partial charge is 0.341 e. The summed E-state index contributed by atoms with van der Waals surface area (Å²) in [4.78, 5) is 11.0. The fourth-order valence-electron chi connectivity index (χ4n) is 4.33. The predicted molar refractivity (Wildman–Crippen MR) is 133 cm³/mol. The summed E-state index contributed by atoms with van der Waals surface area (Å²) >= 11 is 0. The molecular formula is C27H25F5N6. The molecule has 0 spiro atoms. The van der Waals surface area contributed by atoms with Gasteiger partial charge in [0.1, 0.15) is 17.3 Å². The third kappa shape index (κ3) is 5.30. The van der Waals surface area contributed by atoms with Crippen molar-refractivity contribution < 1.29 is 22.0 Å². The van der Waals surface area contributed by atoms with Gasteiger partial charge in [0, 0.05) is 37.5 Å². The summed E-state index contributed by atoms with van der Waals surface area (Å²) in [6, 6.07) is 9.93. The summed E-state index contributed by atoms with van der Waals surface area (Å²) in [5.41, 5.74) is -0.837. The first-order valence-electron chi connectivity index (χ1n) is 12.0. The molecule has 0 aliphatic heterocycles. The second-order valence-corrected chi connectivity index (χ2v) is 9.00. The number of aryl methyl sites for hydroxylation is 2. The molecule has 0 unspecified atom stereocenters. The molecule has 4 rings (SSSR count). The van der Waals surface area contributed by atoms with Crippen molar-refractivity contribution in [3.8, 4) is 17.3 Å². The molecule has 0 saturated carbocycles. The number of nitrogens with zero attached hydrogens (tertiary/aromatic N) is 6. The summed E-state index contributed by atoms with van der Waals surface area (Å²) in [6.45, 7) is 4.30. The Bertz CT molecular complexity index is 1500. The van der Waals surface area contributed by atoms with Crippen LogP contribution < -0.4 is 4.90 Å². The average molecular weight is 529 g/mol. The molecule has 0 N–H and O–H groups in total. The Balaban J connectivity index is 1.65. The Morgan fingerprint density at radius 3 is 2.42 bits per heavy atom. The highest BCUT2D eigenvalue weighted by Gasteiger charge is 2.37. The maximum Gasteiger partial charge on any atom is 0.419 e. The number of halogens is 5. The van der Waals surface area contributed by atoms with E-state index in [9.17, 15) is 22.0 Å². The van der Waals surface area contributed by atoms with Gasteiger partial charge in [-0.05, 0) is 49.9 Å². The van der Waals surface area contributed by atoms with Crippen molar-refractivity contribution in [1.29, 1.82) is 5.26 Å². The van der Waals surface area contributed by atoms with Crippen molar-refractivity contribution in [2.75, 3.05) is 18.0 Å². The number of benzene rings is 2. The SMILES string of the molecule is CCCN(CCCc1ccc(C#N)cc1)c1ncc2c(-c3cc(C(F)(F)F)c(F)c(C)c3F)nn(C)c2n1. The quantitative estimate of drug-likeness (QED) is 0.249. The average Bonchev–Trinajstić information content (AvgIpc) is 3.22. The Morgan fingerprint density at radius 1 is 1.08 bits per heavy atom. The number of hydrogen-bond acceptors (Lipinski definition) is 5. The van der Waals surface area contributed by atoms with Crippen molar-refractivity contribution in [1.82, 2.24) is 19.7 Å². The van der Waals surface area contributed by atoms with Gasteiger partial charge in [0.2, 0.25) is 5.95 Å².